The summed E-state index contributed by atoms with van der Waals surface area (Å²) in [7, 11) is 0. The molecule has 0 aliphatic carbocycles. The molecule has 1 rings (SSSR count). The number of hydrogen-bond acceptors (Lipinski definition) is 4. The molecular weight excluding hydrogens is 226 g/mol. The molecule has 0 aliphatic heterocycles. The summed E-state index contributed by atoms with van der Waals surface area (Å²) in [5.41, 5.74) is 0.289. The number of rotatable bonds is 4. The zero-order valence-corrected chi connectivity index (χ0v) is 9.93. The highest BCUT2D eigenvalue weighted by molar-refractivity contribution is 6.32. The third kappa shape index (κ3) is 3.21. The fourth-order valence-electron chi connectivity index (χ4n) is 1.15. The summed E-state index contributed by atoms with van der Waals surface area (Å²) in [4.78, 5) is 18.8. The van der Waals surface area contributed by atoms with Gasteiger partial charge in [0, 0.05) is 13.0 Å². The van der Waals surface area contributed by atoms with Gasteiger partial charge in [0.15, 0.2) is 6.29 Å². The average Bonchev–Trinajstić information content (AvgIpc) is 2.24. The highest BCUT2D eigenvalue weighted by Gasteiger charge is 2.09. The molecule has 0 atom stereocenters. The summed E-state index contributed by atoms with van der Waals surface area (Å²) in [5, 5.41) is 3.18. The highest BCUT2D eigenvalue weighted by Crippen LogP contribution is 2.18. The van der Waals surface area contributed by atoms with Crippen LogP contribution < -0.4 is 5.32 Å². The van der Waals surface area contributed by atoms with Crippen LogP contribution in [0.5, 0.6) is 0 Å². The van der Waals surface area contributed by atoms with E-state index < -0.39 is 0 Å². The van der Waals surface area contributed by atoms with E-state index in [0.29, 0.717) is 30.9 Å². The summed E-state index contributed by atoms with van der Waals surface area (Å²) in [6, 6.07) is 0. The number of aromatic nitrogens is 2. The van der Waals surface area contributed by atoms with E-state index in [1.54, 1.807) is 13.8 Å². The molecule has 0 fully saturated rings. The van der Waals surface area contributed by atoms with Gasteiger partial charge in [-0.25, -0.2) is 9.97 Å². The molecule has 0 radical (unpaired) electrons. The smallest absolute Gasteiger partial charge is 0.156 e. The molecule has 0 amide bonds. The van der Waals surface area contributed by atoms with Crippen LogP contribution in [0.1, 0.15) is 29.5 Å². The Bertz CT molecular complexity index is 449. The van der Waals surface area contributed by atoms with Gasteiger partial charge in [0.05, 0.1) is 5.56 Å². The van der Waals surface area contributed by atoms with Gasteiger partial charge in [-0.15, -0.1) is 11.8 Å². The Balaban J connectivity index is 2.83. The van der Waals surface area contributed by atoms with Gasteiger partial charge in [-0.1, -0.05) is 11.6 Å². The molecule has 16 heavy (non-hydrogen) atoms. The second-order valence-electron chi connectivity index (χ2n) is 3.05. The Labute approximate surface area is 99.4 Å². The minimum atomic E-state index is 0.173. The zero-order chi connectivity index (χ0) is 12.0. The van der Waals surface area contributed by atoms with Crippen LogP contribution in [0.15, 0.2) is 0 Å². The third-order valence-corrected chi connectivity index (χ3v) is 2.14. The SMILES string of the molecule is CC#CCCNc1nc(C)nc(Cl)c1C=O. The molecule has 5 heteroatoms. The highest BCUT2D eigenvalue weighted by atomic mass is 35.5. The van der Waals surface area contributed by atoms with Crippen LogP contribution >= 0.6 is 11.6 Å². The van der Waals surface area contributed by atoms with E-state index in [1.165, 1.54) is 0 Å². The maximum absolute atomic E-state index is 10.8. The monoisotopic (exact) mass is 237 g/mol. The Morgan fingerprint density at radius 1 is 1.50 bits per heavy atom. The molecule has 4 nitrogen and oxygen atoms in total. The Morgan fingerprint density at radius 2 is 2.25 bits per heavy atom. The lowest BCUT2D eigenvalue weighted by molar-refractivity contribution is 0.112. The first kappa shape index (κ1) is 12.5. The van der Waals surface area contributed by atoms with Crippen molar-refractivity contribution >= 4 is 23.7 Å². The van der Waals surface area contributed by atoms with Gasteiger partial charge >= 0.3 is 0 Å². The predicted molar refractivity (Wildman–Crippen MR) is 63.7 cm³/mol. The first-order valence-electron chi connectivity index (χ1n) is 4.81. The molecule has 0 spiro atoms. The normalized spacial score (nSPS) is 9.19. The summed E-state index contributed by atoms with van der Waals surface area (Å²) in [6.45, 7) is 4.12. The van der Waals surface area contributed by atoms with Crippen molar-refractivity contribution < 1.29 is 4.79 Å². The number of aryl methyl sites for hydroxylation is 1. The van der Waals surface area contributed by atoms with E-state index in [1.807, 2.05) is 0 Å². The number of anilines is 1. The van der Waals surface area contributed by atoms with Crippen LogP contribution in [0.25, 0.3) is 0 Å². The Hall–Kier alpha value is -1.60. The number of carbonyl (C=O) groups excluding carboxylic acids is 1. The molecule has 0 aromatic carbocycles. The van der Waals surface area contributed by atoms with E-state index in [9.17, 15) is 4.79 Å². The molecule has 0 aliphatic rings. The lowest BCUT2D eigenvalue weighted by Gasteiger charge is -2.07. The standard InChI is InChI=1S/C11H12ClN3O/c1-3-4-5-6-13-11-9(7-16)10(12)14-8(2)15-11/h7H,5-6H2,1-2H3,(H,13,14,15). The van der Waals surface area contributed by atoms with Crippen molar-refractivity contribution in [2.45, 2.75) is 20.3 Å². The van der Waals surface area contributed by atoms with E-state index in [2.05, 4.69) is 27.1 Å². The number of carbonyl (C=O) groups is 1. The summed E-state index contributed by atoms with van der Waals surface area (Å²) in [6.07, 6.45) is 1.34. The predicted octanol–water partition coefficient (Wildman–Crippen LogP) is 2.08. The molecular formula is C11H12ClN3O. The van der Waals surface area contributed by atoms with E-state index in [-0.39, 0.29) is 10.7 Å². The van der Waals surface area contributed by atoms with Gasteiger partial charge in [0.2, 0.25) is 0 Å². The van der Waals surface area contributed by atoms with Gasteiger partial charge in [-0.05, 0) is 13.8 Å². The third-order valence-electron chi connectivity index (χ3n) is 1.85. The van der Waals surface area contributed by atoms with Crippen molar-refractivity contribution in [1.82, 2.24) is 9.97 Å². The first-order valence-corrected chi connectivity index (χ1v) is 5.19. The largest absolute Gasteiger partial charge is 0.368 e. The Morgan fingerprint density at radius 3 is 2.88 bits per heavy atom. The molecule has 1 aromatic heterocycles. The lowest BCUT2D eigenvalue weighted by atomic mass is 10.3. The molecule has 0 saturated heterocycles. The summed E-state index contributed by atoms with van der Waals surface area (Å²) >= 11 is 5.82. The molecule has 0 saturated carbocycles. The molecule has 0 unspecified atom stereocenters. The number of nitrogens with one attached hydrogen (secondary N) is 1. The first-order chi connectivity index (χ1) is 7.69. The maximum Gasteiger partial charge on any atom is 0.156 e. The van der Waals surface area contributed by atoms with Crippen LogP contribution in [-0.2, 0) is 0 Å². The second-order valence-corrected chi connectivity index (χ2v) is 3.40. The van der Waals surface area contributed by atoms with E-state index in [4.69, 9.17) is 11.6 Å². The average molecular weight is 238 g/mol. The second kappa shape index (κ2) is 6.09. The van der Waals surface area contributed by atoms with Crippen molar-refractivity contribution in [3.05, 3.63) is 16.5 Å². The number of aldehydes is 1. The number of halogens is 1. The molecule has 84 valence electrons. The van der Waals surface area contributed by atoms with Crippen LogP contribution in [0.2, 0.25) is 5.15 Å². The molecule has 1 aromatic rings. The van der Waals surface area contributed by atoms with E-state index in [0.717, 1.165) is 0 Å². The van der Waals surface area contributed by atoms with Gasteiger partial charge < -0.3 is 5.32 Å². The van der Waals surface area contributed by atoms with Gasteiger partial charge in [-0.3, -0.25) is 4.79 Å². The van der Waals surface area contributed by atoms with Crippen LogP contribution in [-0.4, -0.2) is 22.8 Å². The zero-order valence-electron chi connectivity index (χ0n) is 9.17. The van der Waals surface area contributed by atoms with Crippen molar-refractivity contribution in [3.8, 4) is 11.8 Å². The lowest BCUT2D eigenvalue weighted by Crippen LogP contribution is -2.08. The van der Waals surface area contributed by atoms with E-state index >= 15 is 0 Å². The fraction of sp³-hybridized carbons (Fsp3) is 0.364. The minimum absolute atomic E-state index is 0.173. The summed E-state index contributed by atoms with van der Waals surface area (Å²) in [5.74, 6) is 6.69. The van der Waals surface area contributed by atoms with Crippen LogP contribution in [0.3, 0.4) is 0 Å². The van der Waals surface area contributed by atoms with Gasteiger partial charge in [0.25, 0.3) is 0 Å². The summed E-state index contributed by atoms with van der Waals surface area (Å²) < 4.78 is 0. The number of nitrogens with zero attached hydrogens (tertiary/aromatic N) is 2. The number of hydrogen-bond donors (Lipinski definition) is 1. The van der Waals surface area contributed by atoms with Crippen molar-refractivity contribution in [1.29, 1.82) is 0 Å². The molecule has 0 bridgehead atoms. The topological polar surface area (TPSA) is 54.9 Å². The van der Waals surface area contributed by atoms with Gasteiger partial charge in [-0.2, -0.15) is 0 Å². The molecule has 1 heterocycles. The van der Waals surface area contributed by atoms with Crippen LogP contribution in [0.4, 0.5) is 5.82 Å². The molecule has 1 N–H and O–H groups in total. The fourth-order valence-corrected chi connectivity index (χ4v) is 1.41. The van der Waals surface area contributed by atoms with Crippen molar-refractivity contribution in [2.75, 3.05) is 11.9 Å². The maximum atomic E-state index is 10.8. The van der Waals surface area contributed by atoms with Crippen molar-refractivity contribution in [3.63, 3.8) is 0 Å². The Kier molecular flexibility index (Phi) is 4.74. The minimum Gasteiger partial charge on any atom is -0.368 e. The quantitative estimate of drug-likeness (QED) is 0.377. The van der Waals surface area contributed by atoms with Gasteiger partial charge in [0.1, 0.15) is 16.8 Å². The van der Waals surface area contributed by atoms with Crippen LogP contribution in [0, 0.1) is 18.8 Å². The van der Waals surface area contributed by atoms with Crippen molar-refractivity contribution in [2.24, 2.45) is 0 Å².